The first-order valence-corrected chi connectivity index (χ1v) is 9.51. The molecular weight excluding hydrogens is 354 g/mol. The lowest BCUT2D eigenvalue weighted by Crippen LogP contribution is -2.53. The van der Waals surface area contributed by atoms with E-state index in [1.54, 1.807) is 12.1 Å². The highest BCUT2D eigenvalue weighted by atomic mass is 32.1. The number of rotatable bonds is 4. The Labute approximate surface area is 158 Å². The maximum absolute atomic E-state index is 12.2. The van der Waals surface area contributed by atoms with Crippen LogP contribution in [0.5, 0.6) is 0 Å². The Balaban J connectivity index is 1.54. The topological polar surface area (TPSA) is 75.0 Å². The maximum Gasteiger partial charge on any atom is 0.410 e. The third-order valence-electron chi connectivity index (χ3n) is 5.36. The molecule has 0 saturated carbocycles. The Morgan fingerprint density at radius 1 is 1.42 bits per heavy atom. The summed E-state index contributed by atoms with van der Waals surface area (Å²) in [6, 6.07) is 3.56. The fraction of sp³-hybridized carbons (Fsp3) is 0.611. The quantitative estimate of drug-likeness (QED) is 0.811. The Hall–Kier alpha value is -2.09. The normalized spacial score (nSPS) is 22.2. The summed E-state index contributed by atoms with van der Waals surface area (Å²) in [4.78, 5) is 28.1. The third-order valence-corrected chi connectivity index (χ3v) is 5.72. The number of furan rings is 1. The molecule has 0 bridgehead atoms. The Kier molecular flexibility index (Phi) is 5.80. The lowest BCUT2D eigenvalue weighted by atomic mass is 9.95. The van der Waals surface area contributed by atoms with Crippen LogP contribution in [-0.2, 0) is 4.74 Å². The molecule has 1 aromatic heterocycles. The summed E-state index contributed by atoms with van der Waals surface area (Å²) in [5.74, 6) is 0.300. The molecule has 3 heterocycles. The van der Waals surface area contributed by atoms with E-state index in [9.17, 15) is 9.59 Å². The van der Waals surface area contributed by atoms with Gasteiger partial charge in [0, 0.05) is 19.1 Å². The standard InChI is InChI=1S/C18H25N3O4S/c1-3-12(2)14-11-25-18(23)21(14)13-6-8-20(9-7-13)17(26)19-16(22)15-5-4-10-24-15/h4-5,10,12-14H,3,6-9,11H2,1-2H3,(H,19,22,26). The van der Waals surface area contributed by atoms with Gasteiger partial charge in [-0.3, -0.25) is 15.0 Å². The van der Waals surface area contributed by atoms with E-state index in [2.05, 4.69) is 19.2 Å². The minimum absolute atomic E-state index is 0.148. The molecule has 2 aliphatic rings. The van der Waals surface area contributed by atoms with Crippen molar-refractivity contribution in [2.24, 2.45) is 5.92 Å². The molecule has 7 nitrogen and oxygen atoms in total. The molecule has 2 atom stereocenters. The summed E-state index contributed by atoms with van der Waals surface area (Å²) in [6.07, 6.45) is 3.87. The van der Waals surface area contributed by atoms with Crippen LogP contribution in [0.3, 0.4) is 0 Å². The minimum atomic E-state index is -0.345. The van der Waals surface area contributed by atoms with E-state index in [0.29, 0.717) is 30.7 Å². The van der Waals surface area contributed by atoms with Gasteiger partial charge in [-0.25, -0.2) is 4.79 Å². The number of cyclic esters (lactones) is 1. The summed E-state index contributed by atoms with van der Waals surface area (Å²) in [6.45, 7) is 6.16. The highest BCUT2D eigenvalue weighted by Crippen LogP contribution is 2.28. The van der Waals surface area contributed by atoms with Crippen molar-refractivity contribution in [1.29, 1.82) is 0 Å². The van der Waals surface area contributed by atoms with Gasteiger partial charge >= 0.3 is 6.09 Å². The van der Waals surface area contributed by atoms with E-state index in [-0.39, 0.29) is 29.8 Å². The number of carbonyl (C=O) groups excluding carboxylic acids is 2. The molecule has 142 valence electrons. The van der Waals surface area contributed by atoms with Crippen LogP contribution in [0.1, 0.15) is 43.7 Å². The van der Waals surface area contributed by atoms with Gasteiger partial charge in [0.05, 0.1) is 12.3 Å². The molecular formula is C18H25N3O4S. The molecule has 2 amide bonds. The SMILES string of the molecule is CCC(C)C1COC(=O)N1C1CCN(C(=S)NC(=O)c2ccco2)CC1. The number of carbonyl (C=O) groups is 2. The van der Waals surface area contributed by atoms with Crippen LogP contribution < -0.4 is 5.32 Å². The van der Waals surface area contributed by atoms with Crippen molar-refractivity contribution in [3.8, 4) is 0 Å². The van der Waals surface area contributed by atoms with Crippen LogP contribution in [0.4, 0.5) is 4.79 Å². The molecule has 0 aliphatic carbocycles. The summed E-state index contributed by atoms with van der Waals surface area (Å²) >= 11 is 5.35. The molecule has 2 unspecified atom stereocenters. The number of hydrogen-bond donors (Lipinski definition) is 1. The van der Waals surface area contributed by atoms with Crippen molar-refractivity contribution in [1.82, 2.24) is 15.1 Å². The van der Waals surface area contributed by atoms with Crippen LogP contribution in [0.25, 0.3) is 0 Å². The molecule has 2 saturated heterocycles. The Morgan fingerprint density at radius 2 is 2.15 bits per heavy atom. The lowest BCUT2D eigenvalue weighted by molar-refractivity contribution is 0.0940. The molecule has 2 aliphatic heterocycles. The van der Waals surface area contributed by atoms with E-state index >= 15 is 0 Å². The van der Waals surface area contributed by atoms with Gasteiger partial charge in [-0.05, 0) is 43.1 Å². The number of amides is 2. The molecule has 0 radical (unpaired) electrons. The molecule has 0 aromatic carbocycles. The van der Waals surface area contributed by atoms with E-state index in [1.165, 1.54) is 6.26 Å². The van der Waals surface area contributed by atoms with Crippen LogP contribution in [-0.4, -0.2) is 58.7 Å². The van der Waals surface area contributed by atoms with Crippen molar-refractivity contribution in [2.75, 3.05) is 19.7 Å². The summed E-state index contributed by atoms with van der Waals surface area (Å²) in [5, 5.41) is 3.10. The number of nitrogens with zero attached hydrogens (tertiary/aromatic N) is 2. The zero-order valence-electron chi connectivity index (χ0n) is 15.1. The number of thiocarbonyl (C=S) groups is 1. The highest BCUT2D eigenvalue weighted by Gasteiger charge is 2.41. The number of ether oxygens (including phenoxy) is 1. The molecule has 2 fully saturated rings. The molecule has 1 N–H and O–H groups in total. The van der Waals surface area contributed by atoms with E-state index < -0.39 is 0 Å². The Bertz CT molecular complexity index is 655. The fourth-order valence-electron chi connectivity index (χ4n) is 3.57. The lowest BCUT2D eigenvalue weighted by Gasteiger charge is -2.39. The number of piperidine rings is 1. The second kappa shape index (κ2) is 8.07. The smallest absolute Gasteiger partial charge is 0.410 e. The zero-order chi connectivity index (χ0) is 18.7. The predicted molar refractivity (Wildman–Crippen MR) is 99.8 cm³/mol. The molecule has 3 rings (SSSR count). The third kappa shape index (κ3) is 3.85. The first-order chi connectivity index (χ1) is 12.5. The van der Waals surface area contributed by atoms with E-state index in [0.717, 1.165) is 19.3 Å². The predicted octanol–water partition coefficient (Wildman–Crippen LogP) is 2.63. The zero-order valence-corrected chi connectivity index (χ0v) is 16.0. The largest absolute Gasteiger partial charge is 0.459 e. The summed E-state index contributed by atoms with van der Waals surface area (Å²) in [7, 11) is 0. The monoisotopic (exact) mass is 379 g/mol. The number of hydrogen-bond acceptors (Lipinski definition) is 5. The second-order valence-corrected chi connectivity index (χ2v) is 7.28. The van der Waals surface area contributed by atoms with Gasteiger partial charge in [0.25, 0.3) is 5.91 Å². The van der Waals surface area contributed by atoms with Gasteiger partial charge < -0.3 is 14.1 Å². The highest BCUT2D eigenvalue weighted by molar-refractivity contribution is 7.80. The molecule has 26 heavy (non-hydrogen) atoms. The van der Waals surface area contributed by atoms with Crippen LogP contribution >= 0.6 is 12.2 Å². The van der Waals surface area contributed by atoms with Gasteiger partial charge in [0.1, 0.15) is 6.61 Å². The summed E-state index contributed by atoms with van der Waals surface area (Å²) in [5.41, 5.74) is 0. The number of nitrogens with one attached hydrogen (secondary N) is 1. The number of likely N-dealkylation sites (tertiary alicyclic amines) is 1. The van der Waals surface area contributed by atoms with Crippen molar-refractivity contribution in [3.05, 3.63) is 24.2 Å². The van der Waals surface area contributed by atoms with Crippen LogP contribution in [0.2, 0.25) is 0 Å². The average molecular weight is 379 g/mol. The van der Waals surface area contributed by atoms with E-state index in [1.807, 2.05) is 9.80 Å². The second-order valence-electron chi connectivity index (χ2n) is 6.89. The van der Waals surface area contributed by atoms with Crippen molar-refractivity contribution < 1.29 is 18.7 Å². The first kappa shape index (κ1) is 18.7. The van der Waals surface area contributed by atoms with Crippen LogP contribution in [0, 0.1) is 5.92 Å². The maximum atomic E-state index is 12.2. The molecule has 0 spiro atoms. The summed E-state index contributed by atoms with van der Waals surface area (Å²) < 4.78 is 10.4. The van der Waals surface area contributed by atoms with E-state index in [4.69, 9.17) is 21.4 Å². The van der Waals surface area contributed by atoms with Gasteiger partial charge in [-0.2, -0.15) is 0 Å². The molecule has 1 aromatic rings. The van der Waals surface area contributed by atoms with Crippen molar-refractivity contribution in [3.63, 3.8) is 0 Å². The van der Waals surface area contributed by atoms with Crippen molar-refractivity contribution in [2.45, 2.75) is 45.2 Å². The van der Waals surface area contributed by atoms with Crippen molar-refractivity contribution >= 4 is 29.3 Å². The Morgan fingerprint density at radius 3 is 2.77 bits per heavy atom. The molecule has 8 heteroatoms. The van der Waals surface area contributed by atoms with Gasteiger partial charge in [0.2, 0.25) is 0 Å². The van der Waals surface area contributed by atoms with Gasteiger partial charge in [-0.1, -0.05) is 20.3 Å². The van der Waals surface area contributed by atoms with Crippen LogP contribution in [0.15, 0.2) is 22.8 Å². The average Bonchev–Trinajstić information content (AvgIpc) is 3.31. The fourth-order valence-corrected chi connectivity index (χ4v) is 3.85. The van der Waals surface area contributed by atoms with Gasteiger partial charge in [0.15, 0.2) is 10.9 Å². The van der Waals surface area contributed by atoms with Gasteiger partial charge in [-0.15, -0.1) is 0 Å². The minimum Gasteiger partial charge on any atom is -0.459 e. The first-order valence-electron chi connectivity index (χ1n) is 9.10.